The van der Waals surface area contributed by atoms with Crippen molar-refractivity contribution < 1.29 is 0 Å². The van der Waals surface area contributed by atoms with Gasteiger partial charge >= 0.3 is 0 Å². The lowest BCUT2D eigenvalue weighted by Crippen LogP contribution is -2.16. The Bertz CT molecular complexity index is 570. The number of hydrogen-bond acceptors (Lipinski definition) is 2. The van der Waals surface area contributed by atoms with Crippen molar-refractivity contribution in [3.63, 3.8) is 0 Å². The van der Waals surface area contributed by atoms with Gasteiger partial charge in [-0.1, -0.05) is 36.8 Å². The zero-order chi connectivity index (χ0) is 14.5. The Labute approximate surface area is 122 Å². The fraction of sp³-hybridized carbons (Fsp3) is 0.471. The molecule has 0 aliphatic rings. The van der Waals surface area contributed by atoms with Crippen LogP contribution in [0.3, 0.4) is 0 Å². The van der Waals surface area contributed by atoms with Gasteiger partial charge in [0, 0.05) is 5.69 Å². The standard InChI is InChI=1S/C17H25N3/c1-5-18-10-9-17-14(3)19-20(15(17)4)12-16-8-6-7-13(2)11-16/h6-8,11,18H,5,9-10,12H2,1-4H3. The molecule has 0 amide bonds. The van der Waals surface area contributed by atoms with Crippen LogP contribution in [0.5, 0.6) is 0 Å². The monoisotopic (exact) mass is 271 g/mol. The highest BCUT2D eigenvalue weighted by atomic mass is 15.3. The molecular formula is C17H25N3. The largest absolute Gasteiger partial charge is 0.317 e. The number of rotatable bonds is 6. The number of aryl methyl sites for hydroxylation is 2. The zero-order valence-corrected chi connectivity index (χ0v) is 13.0. The Morgan fingerprint density at radius 2 is 2.00 bits per heavy atom. The first-order chi connectivity index (χ1) is 9.61. The summed E-state index contributed by atoms with van der Waals surface area (Å²) >= 11 is 0. The van der Waals surface area contributed by atoms with E-state index in [9.17, 15) is 0 Å². The van der Waals surface area contributed by atoms with E-state index >= 15 is 0 Å². The topological polar surface area (TPSA) is 29.9 Å². The highest BCUT2D eigenvalue weighted by Crippen LogP contribution is 2.15. The average molecular weight is 271 g/mol. The van der Waals surface area contributed by atoms with E-state index in [4.69, 9.17) is 5.10 Å². The third kappa shape index (κ3) is 3.48. The Morgan fingerprint density at radius 1 is 1.20 bits per heavy atom. The Kier molecular flexibility index (Phi) is 4.96. The minimum atomic E-state index is 0.857. The molecule has 0 spiro atoms. The van der Waals surface area contributed by atoms with Gasteiger partial charge in [0.25, 0.3) is 0 Å². The molecule has 0 atom stereocenters. The van der Waals surface area contributed by atoms with Crippen molar-refractivity contribution in [3.05, 3.63) is 52.3 Å². The molecule has 2 rings (SSSR count). The van der Waals surface area contributed by atoms with E-state index < -0.39 is 0 Å². The van der Waals surface area contributed by atoms with E-state index in [1.807, 2.05) is 0 Å². The van der Waals surface area contributed by atoms with E-state index in [1.54, 1.807) is 0 Å². The molecule has 1 aromatic carbocycles. The second-order valence-corrected chi connectivity index (χ2v) is 5.40. The lowest BCUT2D eigenvalue weighted by molar-refractivity contribution is 0.656. The SMILES string of the molecule is CCNCCc1c(C)nn(Cc2cccc(C)c2)c1C. The molecule has 3 heteroatoms. The van der Waals surface area contributed by atoms with Crippen LogP contribution in [0, 0.1) is 20.8 Å². The highest BCUT2D eigenvalue weighted by Gasteiger charge is 2.11. The first-order valence-electron chi connectivity index (χ1n) is 7.41. The predicted octanol–water partition coefficient (Wildman–Crippen LogP) is 3.01. The lowest BCUT2D eigenvalue weighted by Gasteiger charge is -2.07. The summed E-state index contributed by atoms with van der Waals surface area (Å²) in [5.41, 5.74) is 6.46. The van der Waals surface area contributed by atoms with Gasteiger partial charge in [-0.3, -0.25) is 4.68 Å². The van der Waals surface area contributed by atoms with Gasteiger partial charge in [0.2, 0.25) is 0 Å². The zero-order valence-electron chi connectivity index (χ0n) is 13.0. The van der Waals surface area contributed by atoms with E-state index in [0.29, 0.717) is 0 Å². The summed E-state index contributed by atoms with van der Waals surface area (Å²) in [6, 6.07) is 8.64. The third-order valence-electron chi connectivity index (χ3n) is 3.75. The first kappa shape index (κ1) is 14.8. The third-order valence-corrected chi connectivity index (χ3v) is 3.75. The van der Waals surface area contributed by atoms with Gasteiger partial charge < -0.3 is 5.32 Å². The summed E-state index contributed by atoms with van der Waals surface area (Å²) < 4.78 is 2.13. The maximum Gasteiger partial charge on any atom is 0.0662 e. The predicted molar refractivity (Wildman–Crippen MR) is 84.2 cm³/mol. The highest BCUT2D eigenvalue weighted by molar-refractivity contribution is 5.27. The number of aromatic nitrogens is 2. The number of hydrogen-bond donors (Lipinski definition) is 1. The lowest BCUT2D eigenvalue weighted by atomic mass is 10.1. The molecule has 0 aliphatic carbocycles. The van der Waals surface area contributed by atoms with Crippen LogP contribution in [0.4, 0.5) is 0 Å². The van der Waals surface area contributed by atoms with Crippen molar-refractivity contribution in [2.45, 2.75) is 40.7 Å². The van der Waals surface area contributed by atoms with E-state index in [1.165, 1.54) is 22.4 Å². The first-order valence-corrected chi connectivity index (χ1v) is 7.41. The van der Waals surface area contributed by atoms with E-state index in [-0.39, 0.29) is 0 Å². The van der Waals surface area contributed by atoms with Crippen LogP contribution in [-0.4, -0.2) is 22.9 Å². The molecule has 0 unspecified atom stereocenters. The molecule has 0 saturated heterocycles. The molecule has 20 heavy (non-hydrogen) atoms. The maximum atomic E-state index is 4.70. The number of nitrogens with zero attached hydrogens (tertiary/aromatic N) is 2. The fourth-order valence-electron chi connectivity index (χ4n) is 2.62. The minimum absolute atomic E-state index is 0.857. The summed E-state index contributed by atoms with van der Waals surface area (Å²) in [7, 11) is 0. The number of likely N-dealkylation sites (N-methyl/N-ethyl adjacent to an activating group) is 1. The van der Waals surface area contributed by atoms with Crippen LogP contribution in [0.1, 0.15) is 35.0 Å². The Morgan fingerprint density at radius 3 is 2.70 bits per heavy atom. The molecule has 2 aromatic rings. The second kappa shape index (κ2) is 6.71. The second-order valence-electron chi connectivity index (χ2n) is 5.40. The van der Waals surface area contributed by atoms with Crippen LogP contribution in [-0.2, 0) is 13.0 Å². The van der Waals surface area contributed by atoms with Crippen LogP contribution in [0.25, 0.3) is 0 Å². The van der Waals surface area contributed by atoms with E-state index in [2.05, 4.69) is 62.0 Å². The molecule has 0 saturated carbocycles. The molecular weight excluding hydrogens is 246 g/mol. The minimum Gasteiger partial charge on any atom is -0.317 e. The molecule has 1 heterocycles. The molecule has 0 fully saturated rings. The van der Waals surface area contributed by atoms with Gasteiger partial charge in [0.15, 0.2) is 0 Å². The van der Waals surface area contributed by atoms with Crippen molar-refractivity contribution in [1.29, 1.82) is 0 Å². The maximum absolute atomic E-state index is 4.70. The number of nitrogens with one attached hydrogen (secondary N) is 1. The van der Waals surface area contributed by atoms with Gasteiger partial charge in [0.1, 0.15) is 0 Å². The summed E-state index contributed by atoms with van der Waals surface area (Å²) in [5.74, 6) is 0. The molecule has 3 nitrogen and oxygen atoms in total. The summed E-state index contributed by atoms with van der Waals surface area (Å²) in [4.78, 5) is 0. The summed E-state index contributed by atoms with van der Waals surface area (Å²) in [6.07, 6.45) is 1.05. The molecule has 108 valence electrons. The molecule has 1 N–H and O–H groups in total. The average Bonchev–Trinajstić information content (AvgIpc) is 2.66. The van der Waals surface area contributed by atoms with Crippen molar-refractivity contribution in [3.8, 4) is 0 Å². The Hall–Kier alpha value is -1.61. The molecule has 0 radical (unpaired) electrons. The smallest absolute Gasteiger partial charge is 0.0662 e. The Balaban J connectivity index is 2.15. The van der Waals surface area contributed by atoms with Gasteiger partial charge in [-0.15, -0.1) is 0 Å². The van der Waals surface area contributed by atoms with Crippen LogP contribution < -0.4 is 5.32 Å². The van der Waals surface area contributed by atoms with Gasteiger partial charge in [-0.25, -0.2) is 0 Å². The van der Waals surface area contributed by atoms with Gasteiger partial charge in [-0.2, -0.15) is 5.10 Å². The van der Waals surface area contributed by atoms with Crippen molar-refractivity contribution in [2.75, 3.05) is 13.1 Å². The van der Waals surface area contributed by atoms with Crippen molar-refractivity contribution in [2.24, 2.45) is 0 Å². The van der Waals surface area contributed by atoms with Gasteiger partial charge in [-0.05, 0) is 51.4 Å². The molecule has 0 bridgehead atoms. The normalized spacial score (nSPS) is 11.0. The van der Waals surface area contributed by atoms with Crippen LogP contribution in [0.15, 0.2) is 24.3 Å². The van der Waals surface area contributed by atoms with Crippen molar-refractivity contribution >= 4 is 0 Å². The van der Waals surface area contributed by atoms with Crippen molar-refractivity contribution in [1.82, 2.24) is 15.1 Å². The molecule has 1 aromatic heterocycles. The summed E-state index contributed by atoms with van der Waals surface area (Å²) in [5, 5.41) is 8.08. The fourth-order valence-corrected chi connectivity index (χ4v) is 2.62. The number of benzene rings is 1. The van der Waals surface area contributed by atoms with Crippen LogP contribution in [0.2, 0.25) is 0 Å². The van der Waals surface area contributed by atoms with Gasteiger partial charge in [0.05, 0.1) is 12.2 Å². The van der Waals surface area contributed by atoms with Crippen LogP contribution >= 0.6 is 0 Å². The summed E-state index contributed by atoms with van der Waals surface area (Å²) in [6.45, 7) is 11.5. The molecule has 0 aliphatic heterocycles. The van der Waals surface area contributed by atoms with E-state index in [0.717, 1.165) is 31.7 Å². The quantitative estimate of drug-likeness (QED) is 0.819.